The minimum Gasteiger partial charge on any atom is -0.355 e. The van der Waals surface area contributed by atoms with Crippen molar-refractivity contribution in [2.45, 2.75) is 6.42 Å². The van der Waals surface area contributed by atoms with Gasteiger partial charge in [0.1, 0.15) is 5.56 Å². The Bertz CT molecular complexity index is 904. The number of amides is 1. The van der Waals surface area contributed by atoms with Crippen LogP contribution in [-0.2, 0) is 0 Å². The predicted molar refractivity (Wildman–Crippen MR) is 84.1 cm³/mol. The van der Waals surface area contributed by atoms with Crippen molar-refractivity contribution >= 4 is 22.7 Å². The molecule has 0 saturated carbocycles. The zero-order valence-corrected chi connectivity index (χ0v) is 12.0. The summed E-state index contributed by atoms with van der Waals surface area (Å²) < 4.78 is 1.08. The number of pyridine rings is 1. The predicted octanol–water partition coefficient (Wildman–Crippen LogP) is 1.89. The van der Waals surface area contributed by atoms with E-state index in [0.717, 1.165) is 4.57 Å². The highest BCUT2D eigenvalue weighted by atomic mass is 16.2. The van der Waals surface area contributed by atoms with Crippen LogP contribution in [0.5, 0.6) is 0 Å². The molecule has 2 aromatic rings. The normalized spacial score (nSPS) is 13.2. The van der Waals surface area contributed by atoms with E-state index in [0.29, 0.717) is 22.9 Å². The number of nitrogens with zero attached hydrogens (tertiary/aromatic N) is 1. The van der Waals surface area contributed by atoms with E-state index >= 15 is 0 Å². The Kier molecular flexibility index (Phi) is 3.47. The van der Waals surface area contributed by atoms with E-state index in [4.69, 9.17) is 0 Å². The molecule has 5 heteroatoms. The molecular formula is C17H14N2O3. The summed E-state index contributed by atoms with van der Waals surface area (Å²) in [4.78, 5) is 37.2. The second kappa shape index (κ2) is 5.44. The molecule has 0 fully saturated rings. The van der Waals surface area contributed by atoms with Crippen LogP contribution in [0.1, 0.15) is 21.6 Å². The van der Waals surface area contributed by atoms with Crippen molar-refractivity contribution in [3.8, 4) is 0 Å². The lowest BCUT2D eigenvalue weighted by molar-refractivity contribution is 0.0951. The second-order valence-electron chi connectivity index (χ2n) is 4.97. The van der Waals surface area contributed by atoms with Crippen LogP contribution >= 0.6 is 0 Å². The minimum atomic E-state index is -0.601. The number of hydrogen-bond donors (Lipinski definition) is 1. The molecular weight excluding hydrogens is 280 g/mol. The lowest BCUT2D eigenvalue weighted by Gasteiger charge is -2.11. The summed E-state index contributed by atoms with van der Waals surface area (Å²) in [5.74, 6) is -0.896. The first-order chi connectivity index (χ1) is 10.6. The summed E-state index contributed by atoms with van der Waals surface area (Å²) in [6.07, 6.45) is 5.81. The molecule has 22 heavy (non-hydrogen) atoms. The van der Waals surface area contributed by atoms with Crippen LogP contribution in [0.4, 0.5) is 0 Å². The highest BCUT2D eigenvalue weighted by Crippen LogP contribution is 2.18. The highest BCUT2D eigenvalue weighted by Gasteiger charge is 2.21. The molecule has 0 radical (unpaired) electrons. The SMILES string of the molecule is CNC(=O)c1cc2ccccc2n(C(=O)C2=CC=CC2)c1=O. The maximum atomic E-state index is 12.7. The van der Waals surface area contributed by atoms with Gasteiger partial charge in [0, 0.05) is 12.6 Å². The first kappa shape index (κ1) is 14.0. The van der Waals surface area contributed by atoms with Gasteiger partial charge in [-0.05, 0) is 23.9 Å². The van der Waals surface area contributed by atoms with Gasteiger partial charge in [0.05, 0.1) is 5.52 Å². The average molecular weight is 294 g/mol. The Morgan fingerprint density at radius 2 is 2.00 bits per heavy atom. The molecule has 0 spiro atoms. The molecule has 3 rings (SSSR count). The van der Waals surface area contributed by atoms with E-state index in [1.54, 1.807) is 36.4 Å². The topological polar surface area (TPSA) is 68.2 Å². The zero-order valence-electron chi connectivity index (χ0n) is 12.0. The van der Waals surface area contributed by atoms with Gasteiger partial charge in [-0.1, -0.05) is 36.4 Å². The lowest BCUT2D eigenvalue weighted by atomic mass is 10.1. The van der Waals surface area contributed by atoms with Crippen LogP contribution in [-0.4, -0.2) is 23.4 Å². The number of nitrogens with one attached hydrogen (secondary N) is 1. The molecule has 1 amide bonds. The van der Waals surface area contributed by atoms with Crippen LogP contribution in [0, 0.1) is 0 Å². The Hall–Kier alpha value is -2.95. The van der Waals surface area contributed by atoms with Crippen molar-refractivity contribution in [2.24, 2.45) is 0 Å². The van der Waals surface area contributed by atoms with Crippen molar-refractivity contribution in [2.75, 3.05) is 7.05 Å². The summed E-state index contributed by atoms with van der Waals surface area (Å²) in [6.45, 7) is 0. The van der Waals surface area contributed by atoms with Crippen LogP contribution in [0.3, 0.4) is 0 Å². The van der Waals surface area contributed by atoms with Gasteiger partial charge in [0.25, 0.3) is 17.4 Å². The Morgan fingerprint density at radius 3 is 2.68 bits per heavy atom. The van der Waals surface area contributed by atoms with E-state index in [-0.39, 0.29) is 5.56 Å². The number of carbonyl (C=O) groups excluding carboxylic acids is 2. The number of fused-ring (bicyclic) bond motifs is 1. The third kappa shape index (κ3) is 2.16. The first-order valence-corrected chi connectivity index (χ1v) is 6.91. The molecule has 0 aliphatic heterocycles. The number of rotatable bonds is 2. The molecule has 110 valence electrons. The van der Waals surface area contributed by atoms with Gasteiger partial charge in [-0.15, -0.1) is 0 Å². The molecule has 1 aromatic carbocycles. The smallest absolute Gasteiger partial charge is 0.270 e. The molecule has 0 atom stereocenters. The van der Waals surface area contributed by atoms with Crippen molar-refractivity contribution in [1.29, 1.82) is 0 Å². The van der Waals surface area contributed by atoms with Gasteiger partial charge in [-0.2, -0.15) is 0 Å². The van der Waals surface area contributed by atoms with Gasteiger partial charge in [-0.25, -0.2) is 4.57 Å². The minimum absolute atomic E-state index is 0.0406. The van der Waals surface area contributed by atoms with Crippen LogP contribution in [0.25, 0.3) is 10.9 Å². The number of aromatic nitrogens is 1. The Labute approximate surface area is 126 Å². The Morgan fingerprint density at radius 1 is 1.23 bits per heavy atom. The zero-order chi connectivity index (χ0) is 15.7. The van der Waals surface area contributed by atoms with Crippen molar-refractivity contribution in [1.82, 2.24) is 9.88 Å². The number of allylic oxidation sites excluding steroid dienone is 4. The standard InChI is InChI=1S/C17H14N2O3/c1-18-15(20)13-10-12-8-4-5-9-14(12)19(17(13)22)16(21)11-6-2-3-7-11/h2-6,8-10H,7H2,1H3,(H,18,20). The number of hydrogen-bond acceptors (Lipinski definition) is 3. The Balaban J connectivity index is 2.31. The maximum absolute atomic E-state index is 12.7. The molecule has 1 heterocycles. The lowest BCUT2D eigenvalue weighted by Crippen LogP contribution is -2.35. The molecule has 0 bridgehead atoms. The largest absolute Gasteiger partial charge is 0.355 e. The van der Waals surface area contributed by atoms with Crippen LogP contribution in [0.15, 0.2) is 58.9 Å². The van der Waals surface area contributed by atoms with Crippen LogP contribution in [0.2, 0.25) is 0 Å². The summed E-state index contributed by atoms with van der Waals surface area (Å²) in [5.41, 5.74) is 0.385. The van der Waals surface area contributed by atoms with Gasteiger partial charge < -0.3 is 5.32 Å². The molecule has 1 aromatic heterocycles. The van der Waals surface area contributed by atoms with E-state index in [1.165, 1.54) is 13.1 Å². The number of para-hydroxylation sites is 1. The highest BCUT2D eigenvalue weighted by molar-refractivity contribution is 6.04. The van der Waals surface area contributed by atoms with Crippen LogP contribution < -0.4 is 10.9 Å². The van der Waals surface area contributed by atoms with Gasteiger partial charge in [0.2, 0.25) is 0 Å². The fraction of sp³-hybridized carbons (Fsp3) is 0.118. The van der Waals surface area contributed by atoms with E-state index in [1.807, 2.05) is 6.08 Å². The number of benzene rings is 1. The molecule has 0 unspecified atom stereocenters. The van der Waals surface area contributed by atoms with Crippen molar-refractivity contribution < 1.29 is 9.59 Å². The third-order valence-electron chi connectivity index (χ3n) is 3.63. The van der Waals surface area contributed by atoms with Gasteiger partial charge in [-0.3, -0.25) is 14.4 Å². The number of carbonyl (C=O) groups is 2. The first-order valence-electron chi connectivity index (χ1n) is 6.91. The van der Waals surface area contributed by atoms with E-state index in [2.05, 4.69) is 5.32 Å². The average Bonchev–Trinajstić information content (AvgIpc) is 3.07. The maximum Gasteiger partial charge on any atom is 0.270 e. The van der Waals surface area contributed by atoms with E-state index in [9.17, 15) is 14.4 Å². The summed E-state index contributed by atoms with van der Waals surface area (Å²) in [6, 6.07) is 8.54. The molecule has 1 N–H and O–H groups in total. The van der Waals surface area contributed by atoms with Gasteiger partial charge in [0.15, 0.2) is 0 Å². The molecule has 0 saturated heterocycles. The molecule has 5 nitrogen and oxygen atoms in total. The third-order valence-corrected chi connectivity index (χ3v) is 3.63. The van der Waals surface area contributed by atoms with E-state index < -0.39 is 17.4 Å². The van der Waals surface area contributed by atoms with Crippen molar-refractivity contribution in [3.05, 3.63) is 70.1 Å². The van der Waals surface area contributed by atoms with Crippen molar-refractivity contribution in [3.63, 3.8) is 0 Å². The fourth-order valence-electron chi connectivity index (χ4n) is 2.51. The quantitative estimate of drug-likeness (QED) is 0.919. The van der Waals surface area contributed by atoms with Gasteiger partial charge >= 0.3 is 0 Å². The molecule has 1 aliphatic rings. The summed E-state index contributed by atoms with van der Waals surface area (Å²) in [7, 11) is 1.45. The molecule has 1 aliphatic carbocycles. The second-order valence-corrected chi connectivity index (χ2v) is 4.97. The fourth-order valence-corrected chi connectivity index (χ4v) is 2.51. The monoisotopic (exact) mass is 294 g/mol. The summed E-state index contributed by atoms with van der Waals surface area (Å²) >= 11 is 0. The summed E-state index contributed by atoms with van der Waals surface area (Å²) in [5, 5.41) is 3.10.